The molecule has 0 amide bonds. The molecule has 0 radical (unpaired) electrons. The second-order valence-electron chi connectivity index (χ2n) is 7.42. The lowest BCUT2D eigenvalue weighted by Crippen LogP contribution is -2.78. The van der Waals surface area contributed by atoms with Crippen LogP contribution in [-0.4, -0.2) is 77.1 Å². The van der Waals surface area contributed by atoms with Crippen LogP contribution >= 0.6 is 12.6 Å². The molecule has 0 aliphatic heterocycles. The summed E-state index contributed by atoms with van der Waals surface area (Å²) in [6.07, 6.45) is -11.0. The molecule has 0 bridgehead atoms. The third-order valence-corrected chi connectivity index (χ3v) is 5.01. The topological polar surface area (TPSA) is 0 Å². The zero-order valence-corrected chi connectivity index (χ0v) is 18.2. The van der Waals surface area contributed by atoms with E-state index in [1.165, 1.54) is 0 Å². The van der Waals surface area contributed by atoms with E-state index in [0.29, 0.717) is 0 Å². The average molecular weight is 680 g/mol. The summed E-state index contributed by atoms with van der Waals surface area (Å²) in [6.45, 7) is 0. The summed E-state index contributed by atoms with van der Waals surface area (Å²) in [5, 5.41) is 0. The molecule has 0 heterocycles. The first kappa shape index (κ1) is 38.6. The fraction of sp³-hybridized carbons (Fsp3) is 1.00. The van der Waals surface area contributed by atoms with E-state index in [-0.39, 0.29) is 0 Å². The van der Waals surface area contributed by atoms with Gasteiger partial charge in [-0.25, -0.2) is 0 Å². The Morgan fingerprint density at radius 3 is 0.625 bits per heavy atom. The van der Waals surface area contributed by atoms with Gasteiger partial charge in [0.15, 0.2) is 0 Å². The molecule has 0 saturated carbocycles. The van der Waals surface area contributed by atoms with Crippen molar-refractivity contribution in [3.63, 3.8) is 0 Å². The molecule has 0 aromatic rings. The van der Waals surface area contributed by atoms with Gasteiger partial charge in [0.2, 0.25) is 0 Å². The molecule has 0 fully saturated rings. The number of rotatable bonds is 12. The summed E-state index contributed by atoms with van der Waals surface area (Å²) >= 11 is 2.72. The third-order valence-electron chi connectivity index (χ3n) is 4.79. The third kappa shape index (κ3) is 4.49. The summed E-state index contributed by atoms with van der Waals surface area (Å²) in [5.41, 5.74) is 0. The Labute approximate surface area is 207 Å². The van der Waals surface area contributed by atoms with Gasteiger partial charge in [-0.3, -0.25) is 0 Å². The van der Waals surface area contributed by atoms with Gasteiger partial charge < -0.3 is 0 Å². The van der Waals surface area contributed by atoms with Crippen LogP contribution in [0.15, 0.2) is 0 Å². The van der Waals surface area contributed by atoms with Gasteiger partial charge in [0, 0.05) is 6.42 Å². The molecule has 0 aromatic carbocycles. The maximum Gasteiger partial charge on any atom is 0.460 e. The van der Waals surface area contributed by atoms with Crippen LogP contribution in [0.3, 0.4) is 0 Å². The lowest BCUT2D eigenvalue weighted by atomic mass is 9.84. The normalized spacial score (nSPS) is 16.9. The van der Waals surface area contributed by atoms with Gasteiger partial charge in [0.1, 0.15) is 0 Å². The van der Waals surface area contributed by atoms with Gasteiger partial charge in [-0.15, -0.1) is 0 Å². The SMILES string of the molecule is FC(F)(F)C(F)(F)C(F)(F)C(F)(F)C(F)(F)C(F)(F)C(F)(F)C(F)(F)C(F)(F)C(F)(F)C(F)(F)C(F)(F)CCS. The first-order valence-electron chi connectivity index (χ1n) is 8.64. The number of thiol groups is 1. The number of halogens is 25. The van der Waals surface area contributed by atoms with E-state index in [1.807, 2.05) is 0 Å². The van der Waals surface area contributed by atoms with Crippen molar-refractivity contribution in [2.45, 2.75) is 77.7 Å². The van der Waals surface area contributed by atoms with Gasteiger partial charge in [0.05, 0.1) is 0 Å². The Kier molecular flexibility index (Phi) is 9.22. The van der Waals surface area contributed by atoms with E-state index >= 15 is 0 Å². The molecular formula is C14H5F25S. The molecule has 0 spiro atoms. The standard InChI is InChI=1S/C14H5F25S/c15-3(16,1-2-40)4(17,18)5(19,20)6(21,22)7(23,24)8(25,26)9(27,28)10(29,30)11(31,32)12(33,34)13(35,36)14(37,38)39/h40H,1-2H2. The van der Waals surface area contributed by atoms with Crippen LogP contribution in [0.5, 0.6) is 0 Å². The fourth-order valence-corrected chi connectivity index (χ4v) is 2.56. The molecule has 0 saturated heterocycles. The smallest absolute Gasteiger partial charge is 0.200 e. The largest absolute Gasteiger partial charge is 0.460 e. The minimum absolute atomic E-state index is 1.73. The van der Waals surface area contributed by atoms with Gasteiger partial charge in [0.25, 0.3) is 0 Å². The van der Waals surface area contributed by atoms with Crippen LogP contribution in [0.25, 0.3) is 0 Å². The zero-order valence-electron chi connectivity index (χ0n) is 17.3. The molecule has 0 aliphatic carbocycles. The summed E-state index contributed by atoms with van der Waals surface area (Å²) in [7, 11) is 0. The average Bonchev–Trinajstić information content (AvgIpc) is 2.71. The van der Waals surface area contributed by atoms with Crippen molar-refractivity contribution in [2.75, 3.05) is 5.75 Å². The Morgan fingerprint density at radius 1 is 0.275 bits per heavy atom. The summed E-state index contributed by atoms with van der Waals surface area (Å²) in [5.74, 6) is -99.5. The molecule has 0 aromatic heterocycles. The quantitative estimate of drug-likeness (QED) is 0.155. The molecular weight excluding hydrogens is 675 g/mol. The lowest BCUT2D eigenvalue weighted by molar-refractivity contribution is -0.482. The second-order valence-corrected chi connectivity index (χ2v) is 7.87. The van der Waals surface area contributed by atoms with Gasteiger partial charge >= 0.3 is 71.3 Å². The van der Waals surface area contributed by atoms with Crippen LogP contribution in [0, 0.1) is 0 Å². The maximum atomic E-state index is 13.6. The molecule has 242 valence electrons. The molecule has 0 N–H and O–H groups in total. The molecule has 26 heteroatoms. The van der Waals surface area contributed by atoms with Crippen molar-refractivity contribution in [1.29, 1.82) is 0 Å². The van der Waals surface area contributed by atoms with Gasteiger partial charge in [-0.1, -0.05) is 0 Å². The molecule has 0 unspecified atom stereocenters. The minimum Gasteiger partial charge on any atom is -0.200 e. The van der Waals surface area contributed by atoms with E-state index in [9.17, 15) is 110 Å². The van der Waals surface area contributed by atoms with Gasteiger partial charge in [-0.2, -0.15) is 122 Å². The van der Waals surface area contributed by atoms with E-state index in [1.54, 1.807) is 0 Å². The van der Waals surface area contributed by atoms with Gasteiger partial charge in [-0.05, 0) is 5.75 Å². The van der Waals surface area contributed by atoms with Crippen LogP contribution in [0.2, 0.25) is 0 Å². The molecule has 0 rings (SSSR count). The first-order chi connectivity index (χ1) is 16.8. The first-order valence-corrected chi connectivity index (χ1v) is 9.28. The minimum atomic E-state index is -9.57. The number of hydrogen-bond donors (Lipinski definition) is 1. The van der Waals surface area contributed by atoms with Crippen LogP contribution in [0.4, 0.5) is 110 Å². The molecule has 0 atom stereocenters. The summed E-state index contributed by atoms with van der Waals surface area (Å²) in [4.78, 5) is 0. The summed E-state index contributed by atoms with van der Waals surface area (Å²) in [6, 6.07) is 0. The van der Waals surface area contributed by atoms with E-state index in [2.05, 4.69) is 12.6 Å². The Balaban J connectivity index is 7.30. The Hall–Kier alpha value is -1.40. The van der Waals surface area contributed by atoms with Crippen molar-refractivity contribution >= 4 is 12.6 Å². The van der Waals surface area contributed by atoms with E-state index in [4.69, 9.17) is 0 Å². The van der Waals surface area contributed by atoms with Crippen molar-refractivity contribution in [2.24, 2.45) is 0 Å². The van der Waals surface area contributed by atoms with Crippen molar-refractivity contribution in [3.8, 4) is 0 Å². The predicted molar refractivity (Wildman–Crippen MR) is 78.9 cm³/mol. The Morgan fingerprint density at radius 2 is 0.450 bits per heavy atom. The van der Waals surface area contributed by atoms with E-state index < -0.39 is 83.5 Å². The maximum absolute atomic E-state index is 13.6. The fourth-order valence-electron chi connectivity index (χ4n) is 2.28. The van der Waals surface area contributed by atoms with E-state index in [0.717, 1.165) is 0 Å². The highest BCUT2D eigenvalue weighted by Crippen LogP contribution is 2.67. The number of alkyl halides is 25. The van der Waals surface area contributed by atoms with Crippen LogP contribution < -0.4 is 0 Å². The highest BCUT2D eigenvalue weighted by atomic mass is 32.1. The molecule has 40 heavy (non-hydrogen) atoms. The molecule has 0 nitrogen and oxygen atoms in total. The zero-order chi connectivity index (χ0) is 33.4. The van der Waals surface area contributed by atoms with Crippen molar-refractivity contribution in [3.05, 3.63) is 0 Å². The highest BCUT2D eigenvalue weighted by Gasteiger charge is 2.99. The highest BCUT2D eigenvalue weighted by molar-refractivity contribution is 7.80. The molecule has 0 aliphatic rings. The van der Waals surface area contributed by atoms with Crippen LogP contribution in [0.1, 0.15) is 6.42 Å². The van der Waals surface area contributed by atoms with Crippen molar-refractivity contribution in [1.82, 2.24) is 0 Å². The lowest BCUT2D eigenvalue weighted by Gasteiger charge is -2.45. The predicted octanol–water partition coefficient (Wildman–Crippen LogP) is 8.86. The Bertz CT molecular complexity index is 909. The van der Waals surface area contributed by atoms with Crippen LogP contribution in [-0.2, 0) is 0 Å². The summed E-state index contributed by atoms with van der Waals surface area (Å²) < 4.78 is 329. The van der Waals surface area contributed by atoms with Crippen molar-refractivity contribution < 1.29 is 110 Å². The number of hydrogen-bond acceptors (Lipinski definition) is 1. The second kappa shape index (κ2) is 9.56. The monoisotopic (exact) mass is 680 g/mol.